The van der Waals surface area contributed by atoms with Gasteiger partial charge in [0.1, 0.15) is 0 Å². The van der Waals surface area contributed by atoms with Gasteiger partial charge in [0.25, 0.3) is 0 Å². The molecule has 1 unspecified atom stereocenters. The first-order valence-corrected chi connectivity index (χ1v) is 9.84. The summed E-state index contributed by atoms with van der Waals surface area (Å²) in [4.78, 5) is 16.9. The minimum Gasteiger partial charge on any atom is -0.301 e. The summed E-state index contributed by atoms with van der Waals surface area (Å²) < 4.78 is 0. The van der Waals surface area contributed by atoms with Crippen LogP contribution in [-0.4, -0.2) is 10.9 Å². The summed E-state index contributed by atoms with van der Waals surface area (Å²) >= 11 is 1.43. The van der Waals surface area contributed by atoms with Crippen molar-refractivity contribution in [3.05, 3.63) is 47.0 Å². The first-order chi connectivity index (χ1) is 12.3. The van der Waals surface area contributed by atoms with Crippen LogP contribution in [0.1, 0.15) is 63.0 Å². The molecule has 0 aliphatic heterocycles. The second kappa shape index (κ2) is 9.95. The van der Waals surface area contributed by atoms with Crippen LogP contribution in [0.5, 0.6) is 0 Å². The minimum absolute atomic E-state index is 0.00319. The molecule has 1 heterocycles. The van der Waals surface area contributed by atoms with Gasteiger partial charge in [-0.05, 0) is 30.0 Å². The van der Waals surface area contributed by atoms with Crippen LogP contribution >= 0.6 is 11.3 Å². The van der Waals surface area contributed by atoms with Crippen molar-refractivity contribution in [3.63, 3.8) is 0 Å². The number of thiazole rings is 1. The Labute approximate surface area is 153 Å². The predicted octanol–water partition coefficient (Wildman–Crippen LogP) is 5.34. The fourth-order valence-electron chi connectivity index (χ4n) is 3.24. The summed E-state index contributed by atoms with van der Waals surface area (Å²) in [5.74, 6) is 0.420. The Morgan fingerprint density at radius 2 is 2.00 bits per heavy atom. The van der Waals surface area contributed by atoms with Crippen LogP contribution in [0.15, 0.2) is 35.8 Å². The lowest BCUT2D eigenvalue weighted by molar-refractivity contribution is -0.118. The molecule has 132 valence electrons. The van der Waals surface area contributed by atoms with E-state index in [2.05, 4.69) is 16.4 Å². The Kier molecular flexibility index (Phi) is 7.62. The molecule has 0 saturated heterocycles. The summed E-state index contributed by atoms with van der Waals surface area (Å²) in [5.41, 5.74) is 1.60. The van der Waals surface area contributed by atoms with Crippen LogP contribution in [0.3, 0.4) is 0 Å². The van der Waals surface area contributed by atoms with E-state index in [4.69, 9.17) is 5.26 Å². The van der Waals surface area contributed by atoms with Gasteiger partial charge in [0.05, 0.1) is 17.6 Å². The Balaban J connectivity index is 0.00000109. The van der Waals surface area contributed by atoms with Gasteiger partial charge in [-0.1, -0.05) is 51.7 Å². The van der Waals surface area contributed by atoms with Gasteiger partial charge in [0.15, 0.2) is 5.13 Å². The number of rotatable bonds is 5. The van der Waals surface area contributed by atoms with E-state index < -0.39 is 0 Å². The van der Waals surface area contributed by atoms with Crippen molar-refractivity contribution >= 4 is 22.4 Å². The molecule has 1 fully saturated rings. The van der Waals surface area contributed by atoms with E-state index >= 15 is 0 Å². The summed E-state index contributed by atoms with van der Waals surface area (Å²) in [6, 6.07) is 9.50. The third-order valence-corrected chi connectivity index (χ3v) is 5.15. The largest absolute Gasteiger partial charge is 0.301 e. The number of hydrogen-bond donors (Lipinski definition) is 1. The van der Waals surface area contributed by atoms with Crippen LogP contribution in [0.25, 0.3) is 0 Å². The third-order valence-electron chi connectivity index (χ3n) is 4.46. The Morgan fingerprint density at radius 1 is 1.32 bits per heavy atom. The number of amides is 1. The zero-order chi connectivity index (χ0) is 18.1. The SMILES string of the molecule is CC.N#Cc1ccc(C(CC2CCCC2)C(=O)Nc2nccs2)cc1. The molecule has 0 radical (unpaired) electrons. The number of anilines is 1. The summed E-state index contributed by atoms with van der Waals surface area (Å²) in [5, 5.41) is 14.4. The number of nitrogens with one attached hydrogen (secondary N) is 1. The van der Waals surface area contributed by atoms with Gasteiger partial charge in [0.2, 0.25) is 5.91 Å². The average molecular weight is 356 g/mol. The number of nitriles is 1. The number of nitrogens with zero attached hydrogens (tertiary/aromatic N) is 2. The normalized spacial score (nSPS) is 14.9. The monoisotopic (exact) mass is 355 g/mol. The van der Waals surface area contributed by atoms with Crippen molar-refractivity contribution in [1.82, 2.24) is 4.98 Å². The van der Waals surface area contributed by atoms with E-state index in [1.807, 2.05) is 31.4 Å². The minimum atomic E-state index is -0.185. The maximum Gasteiger partial charge on any atom is 0.233 e. The molecule has 2 aromatic rings. The molecule has 1 aliphatic rings. The molecular formula is C20H25N3OS. The quantitative estimate of drug-likeness (QED) is 0.787. The van der Waals surface area contributed by atoms with Crippen molar-refractivity contribution < 1.29 is 4.79 Å². The first-order valence-electron chi connectivity index (χ1n) is 8.96. The molecular weight excluding hydrogens is 330 g/mol. The topological polar surface area (TPSA) is 65.8 Å². The second-order valence-electron chi connectivity index (χ2n) is 6.00. The maximum absolute atomic E-state index is 12.7. The van der Waals surface area contributed by atoms with E-state index in [0.717, 1.165) is 12.0 Å². The molecule has 1 N–H and O–H groups in total. The zero-order valence-electron chi connectivity index (χ0n) is 14.9. The predicted molar refractivity (Wildman–Crippen MR) is 103 cm³/mol. The number of benzene rings is 1. The van der Waals surface area contributed by atoms with Crippen LogP contribution in [0.2, 0.25) is 0 Å². The van der Waals surface area contributed by atoms with Crippen molar-refractivity contribution in [3.8, 4) is 6.07 Å². The zero-order valence-corrected chi connectivity index (χ0v) is 15.7. The van der Waals surface area contributed by atoms with Gasteiger partial charge < -0.3 is 5.32 Å². The lowest BCUT2D eigenvalue weighted by atomic mass is 9.87. The average Bonchev–Trinajstić information content (AvgIpc) is 3.35. The Hall–Kier alpha value is -2.19. The highest BCUT2D eigenvalue weighted by molar-refractivity contribution is 7.13. The highest BCUT2D eigenvalue weighted by atomic mass is 32.1. The van der Waals surface area contributed by atoms with E-state index in [9.17, 15) is 4.79 Å². The molecule has 0 bridgehead atoms. The molecule has 1 amide bonds. The van der Waals surface area contributed by atoms with E-state index in [0.29, 0.717) is 16.6 Å². The highest BCUT2D eigenvalue weighted by Gasteiger charge is 2.27. The first kappa shape index (κ1) is 19.1. The third kappa shape index (κ3) is 5.40. The Morgan fingerprint density at radius 3 is 2.56 bits per heavy atom. The molecule has 1 saturated carbocycles. The summed E-state index contributed by atoms with van der Waals surface area (Å²) in [6.45, 7) is 4.00. The summed E-state index contributed by atoms with van der Waals surface area (Å²) in [7, 11) is 0. The van der Waals surface area contributed by atoms with Gasteiger partial charge in [-0.3, -0.25) is 4.79 Å². The second-order valence-corrected chi connectivity index (χ2v) is 6.89. The molecule has 1 aromatic heterocycles. The van der Waals surface area contributed by atoms with Gasteiger partial charge >= 0.3 is 0 Å². The van der Waals surface area contributed by atoms with Crippen LogP contribution in [0.4, 0.5) is 5.13 Å². The van der Waals surface area contributed by atoms with Crippen LogP contribution < -0.4 is 5.32 Å². The molecule has 5 heteroatoms. The number of hydrogen-bond acceptors (Lipinski definition) is 4. The van der Waals surface area contributed by atoms with Crippen LogP contribution in [-0.2, 0) is 4.79 Å². The molecule has 4 nitrogen and oxygen atoms in total. The fourth-order valence-corrected chi connectivity index (χ4v) is 3.77. The standard InChI is InChI=1S/C18H19N3OS.C2H6/c19-12-14-5-7-15(8-6-14)16(11-13-3-1-2-4-13)17(22)21-18-20-9-10-23-18;1-2/h5-10,13,16H,1-4,11H2,(H,20,21,22);1-2H3. The molecule has 3 rings (SSSR count). The molecule has 1 atom stereocenters. The van der Waals surface area contributed by atoms with Gasteiger partial charge in [0, 0.05) is 11.6 Å². The van der Waals surface area contributed by atoms with Gasteiger partial charge in [-0.2, -0.15) is 5.26 Å². The number of aromatic nitrogens is 1. The number of carbonyl (C=O) groups is 1. The highest BCUT2D eigenvalue weighted by Crippen LogP contribution is 2.35. The Bertz CT molecular complexity index is 683. The van der Waals surface area contributed by atoms with E-state index in [1.54, 1.807) is 18.3 Å². The van der Waals surface area contributed by atoms with Crippen molar-refractivity contribution in [2.24, 2.45) is 5.92 Å². The van der Waals surface area contributed by atoms with E-state index in [-0.39, 0.29) is 11.8 Å². The van der Waals surface area contributed by atoms with Gasteiger partial charge in [-0.25, -0.2) is 4.98 Å². The lowest BCUT2D eigenvalue weighted by Crippen LogP contribution is -2.23. The smallest absolute Gasteiger partial charge is 0.233 e. The van der Waals surface area contributed by atoms with Crippen molar-refractivity contribution in [2.45, 2.75) is 51.9 Å². The molecule has 1 aromatic carbocycles. The molecule has 1 aliphatic carbocycles. The maximum atomic E-state index is 12.7. The van der Waals surface area contributed by atoms with E-state index in [1.165, 1.54) is 37.0 Å². The fraction of sp³-hybridized carbons (Fsp3) is 0.450. The van der Waals surface area contributed by atoms with Gasteiger partial charge in [-0.15, -0.1) is 11.3 Å². The molecule has 25 heavy (non-hydrogen) atoms. The lowest BCUT2D eigenvalue weighted by Gasteiger charge is -2.20. The van der Waals surface area contributed by atoms with Crippen molar-refractivity contribution in [1.29, 1.82) is 5.26 Å². The summed E-state index contributed by atoms with van der Waals surface area (Å²) in [6.07, 6.45) is 7.49. The van der Waals surface area contributed by atoms with Crippen LogP contribution in [0, 0.1) is 17.2 Å². The van der Waals surface area contributed by atoms with Crippen molar-refractivity contribution in [2.75, 3.05) is 5.32 Å². The number of carbonyl (C=O) groups excluding carboxylic acids is 1. The molecule has 0 spiro atoms.